The second kappa shape index (κ2) is 5.37. The van der Waals surface area contributed by atoms with E-state index in [1.54, 1.807) is 0 Å². The molecule has 1 saturated carbocycles. The van der Waals surface area contributed by atoms with Gasteiger partial charge in [-0.3, -0.25) is 0 Å². The van der Waals surface area contributed by atoms with Crippen molar-refractivity contribution in [1.29, 1.82) is 0 Å². The third kappa shape index (κ3) is 2.47. The van der Waals surface area contributed by atoms with E-state index in [4.69, 9.17) is 9.47 Å². The minimum atomic E-state index is 0.309. The van der Waals surface area contributed by atoms with Gasteiger partial charge in [-0.2, -0.15) is 0 Å². The van der Waals surface area contributed by atoms with Crippen LogP contribution in [0.1, 0.15) is 65.7 Å². The van der Waals surface area contributed by atoms with E-state index in [2.05, 4.69) is 20.8 Å². The minimum Gasteiger partial charge on any atom is -0.378 e. The van der Waals surface area contributed by atoms with Gasteiger partial charge in [-0.25, -0.2) is 0 Å². The number of epoxide rings is 1. The van der Waals surface area contributed by atoms with Crippen LogP contribution in [0.2, 0.25) is 0 Å². The van der Waals surface area contributed by atoms with Crippen LogP contribution >= 0.6 is 0 Å². The lowest BCUT2D eigenvalue weighted by Gasteiger charge is -2.40. The molecule has 2 nitrogen and oxygen atoms in total. The van der Waals surface area contributed by atoms with Crippen LogP contribution in [0.15, 0.2) is 0 Å². The molecule has 6 atom stereocenters. The summed E-state index contributed by atoms with van der Waals surface area (Å²) >= 11 is 0. The minimum absolute atomic E-state index is 0.309. The first kappa shape index (κ1) is 13.9. The van der Waals surface area contributed by atoms with Crippen molar-refractivity contribution in [2.24, 2.45) is 17.8 Å². The monoisotopic (exact) mass is 266 g/mol. The molecule has 0 bridgehead atoms. The van der Waals surface area contributed by atoms with Gasteiger partial charge in [-0.05, 0) is 63.2 Å². The molecule has 6 unspecified atom stereocenters. The van der Waals surface area contributed by atoms with Crippen LogP contribution in [0.25, 0.3) is 0 Å². The van der Waals surface area contributed by atoms with Crippen molar-refractivity contribution in [2.45, 2.75) is 83.5 Å². The number of fused-ring (bicyclic) bond motifs is 1. The van der Waals surface area contributed by atoms with Crippen LogP contribution in [0, 0.1) is 17.8 Å². The Bertz CT molecular complexity index is 316. The van der Waals surface area contributed by atoms with E-state index in [0.29, 0.717) is 17.8 Å². The number of hydrogen-bond acceptors (Lipinski definition) is 2. The van der Waals surface area contributed by atoms with Crippen molar-refractivity contribution < 1.29 is 9.47 Å². The summed E-state index contributed by atoms with van der Waals surface area (Å²) in [5.74, 6) is 2.53. The Kier molecular flexibility index (Phi) is 3.92. The Hall–Kier alpha value is -0.0800. The van der Waals surface area contributed by atoms with Gasteiger partial charge in [0, 0.05) is 6.61 Å². The molecule has 3 rings (SSSR count). The van der Waals surface area contributed by atoms with E-state index in [0.717, 1.165) is 24.4 Å². The van der Waals surface area contributed by atoms with Crippen molar-refractivity contribution >= 4 is 0 Å². The molecular formula is C17H30O2. The molecule has 0 aromatic carbocycles. The van der Waals surface area contributed by atoms with Crippen LogP contribution in [-0.4, -0.2) is 24.4 Å². The predicted octanol–water partition coefficient (Wildman–Crippen LogP) is 4.18. The van der Waals surface area contributed by atoms with Crippen LogP contribution in [-0.2, 0) is 9.47 Å². The van der Waals surface area contributed by atoms with Gasteiger partial charge in [0.1, 0.15) is 0 Å². The fraction of sp³-hybridized carbons (Fsp3) is 1.00. The molecule has 110 valence electrons. The summed E-state index contributed by atoms with van der Waals surface area (Å²) in [6.45, 7) is 7.93. The first-order chi connectivity index (χ1) is 9.20. The SMILES string of the molecule is CCC(C1CCC2(CC)OC2C1)C1CCCOC1C. The zero-order valence-electron chi connectivity index (χ0n) is 12.9. The fourth-order valence-electron chi connectivity index (χ4n) is 4.93. The predicted molar refractivity (Wildman–Crippen MR) is 77.2 cm³/mol. The molecule has 3 fully saturated rings. The summed E-state index contributed by atoms with van der Waals surface area (Å²) < 4.78 is 11.9. The lowest BCUT2D eigenvalue weighted by Crippen LogP contribution is -2.38. The highest BCUT2D eigenvalue weighted by Gasteiger charge is 2.58. The average Bonchev–Trinajstić information content (AvgIpc) is 3.16. The van der Waals surface area contributed by atoms with E-state index in [9.17, 15) is 0 Å². The number of ether oxygens (including phenoxy) is 2. The molecule has 0 spiro atoms. The molecule has 1 aliphatic carbocycles. The Morgan fingerprint density at radius 3 is 2.74 bits per heavy atom. The molecule has 2 aliphatic heterocycles. The summed E-state index contributed by atoms with van der Waals surface area (Å²) in [4.78, 5) is 0. The van der Waals surface area contributed by atoms with Crippen molar-refractivity contribution in [3.63, 3.8) is 0 Å². The molecule has 2 saturated heterocycles. The van der Waals surface area contributed by atoms with E-state index in [1.807, 2.05) is 0 Å². The Morgan fingerprint density at radius 1 is 1.26 bits per heavy atom. The summed E-state index contributed by atoms with van der Waals surface area (Å²) in [6.07, 6.45) is 10.2. The third-order valence-electron chi connectivity index (χ3n) is 6.25. The molecular weight excluding hydrogens is 236 g/mol. The highest BCUT2D eigenvalue weighted by Crippen LogP contribution is 2.54. The molecule has 3 aliphatic rings. The van der Waals surface area contributed by atoms with E-state index < -0.39 is 0 Å². The third-order valence-corrected chi connectivity index (χ3v) is 6.25. The maximum absolute atomic E-state index is 6.02. The van der Waals surface area contributed by atoms with Gasteiger partial charge in [0.25, 0.3) is 0 Å². The Morgan fingerprint density at radius 2 is 2.11 bits per heavy atom. The summed E-state index contributed by atoms with van der Waals surface area (Å²) in [7, 11) is 0. The zero-order valence-corrected chi connectivity index (χ0v) is 12.9. The second-order valence-corrected chi connectivity index (χ2v) is 7.01. The molecule has 0 aromatic heterocycles. The van der Waals surface area contributed by atoms with Gasteiger partial charge in [0.05, 0.1) is 17.8 Å². The van der Waals surface area contributed by atoms with Crippen molar-refractivity contribution in [1.82, 2.24) is 0 Å². The van der Waals surface area contributed by atoms with Gasteiger partial charge in [0.15, 0.2) is 0 Å². The van der Waals surface area contributed by atoms with Gasteiger partial charge >= 0.3 is 0 Å². The first-order valence-corrected chi connectivity index (χ1v) is 8.49. The summed E-state index contributed by atoms with van der Waals surface area (Å²) in [5.41, 5.74) is 0.309. The molecule has 19 heavy (non-hydrogen) atoms. The fourth-order valence-corrected chi connectivity index (χ4v) is 4.93. The largest absolute Gasteiger partial charge is 0.378 e. The van der Waals surface area contributed by atoms with Gasteiger partial charge in [0.2, 0.25) is 0 Å². The summed E-state index contributed by atoms with van der Waals surface area (Å²) in [5, 5.41) is 0. The maximum atomic E-state index is 6.02. The second-order valence-electron chi connectivity index (χ2n) is 7.01. The molecule has 0 N–H and O–H groups in total. The number of rotatable bonds is 4. The van der Waals surface area contributed by atoms with Crippen LogP contribution in [0.4, 0.5) is 0 Å². The topological polar surface area (TPSA) is 21.8 Å². The van der Waals surface area contributed by atoms with Gasteiger partial charge in [-0.1, -0.05) is 20.3 Å². The highest BCUT2D eigenvalue weighted by atomic mass is 16.6. The molecule has 2 heterocycles. The van der Waals surface area contributed by atoms with Crippen LogP contribution < -0.4 is 0 Å². The standard InChI is InChI=1S/C17H30O2/c1-4-14(15-7-6-10-18-12(15)3)13-8-9-17(5-2)16(11-13)19-17/h12-16H,4-11H2,1-3H3. The normalized spacial score (nSPS) is 47.5. The quantitative estimate of drug-likeness (QED) is 0.712. The highest BCUT2D eigenvalue weighted by molar-refractivity contribution is 5.07. The molecule has 0 amide bonds. The van der Waals surface area contributed by atoms with E-state index in [-0.39, 0.29) is 0 Å². The average molecular weight is 266 g/mol. The molecule has 2 heteroatoms. The Labute approximate surface area is 118 Å². The van der Waals surface area contributed by atoms with Crippen LogP contribution in [0.3, 0.4) is 0 Å². The van der Waals surface area contributed by atoms with Gasteiger partial charge in [-0.15, -0.1) is 0 Å². The molecule has 0 aromatic rings. The lowest BCUT2D eigenvalue weighted by molar-refractivity contribution is -0.0497. The molecule has 0 radical (unpaired) electrons. The van der Waals surface area contributed by atoms with E-state index in [1.165, 1.54) is 44.9 Å². The smallest absolute Gasteiger partial charge is 0.0946 e. The van der Waals surface area contributed by atoms with Gasteiger partial charge < -0.3 is 9.47 Å². The first-order valence-electron chi connectivity index (χ1n) is 8.49. The summed E-state index contributed by atoms with van der Waals surface area (Å²) in [6, 6.07) is 0. The lowest BCUT2D eigenvalue weighted by atomic mass is 9.67. The number of hydrogen-bond donors (Lipinski definition) is 0. The Balaban J connectivity index is 1.63. The van der Waals surface area contributed by atoms with Crippen molar-refractivity contribution in [2.75, 3.05) is 6.61 Å². The van der Waals surface area contributed by atoms with Crippen molar-refractivity contribution in [3.05, 3.63) is 0 Å². The maximum Gasteiger partial charge on any atom is 0.0946 e. The van der Waals surface area contributed by atoms with E-state index >= 15 is 0 Å². The van der Waals surface area contributed by atoms with Crippen LogP contribution in [0.5, 0.6) is 0 Å². The van der Waals surface area contributed by atoms with Crippen molar-refractivity contribution in [3.8, 4) is 0 Å². The zero-order chi connectivity index (χ0) is 13.5.